The molecule has 0 unspecified atom stereocenters. The number of hydrogen-bond donors (Lipinski definition) is 0. The highest BCUT2D eigenvalue weighted by molar-refractivity contribution is 6.17. The summed E-state index contributed by atoms with van der Waals surface area (Å²) in [6, 6.07) is 11.4. The van der Waals surface area contributed by atoms with Crippen LogP contribution in [0, 0.1) is 0 Å². The first-order valence-electron chi connectivity index (χ1n) is 4.62. The second-order valence-electron chi connectivity index (χ2n) is 3.03. The molecule has 0 atom stereocenters. The molecular formula is C12H10ClNO. The molecule has 0 fully saturated rings. The lowest BCUT2D eigenvalue weighted by Gasteiger charge is -2.07. The van der Waals surface area contributed by atoms with Gasteiger partial charge in [0.15, 0.2) is 0 Å². The van der Waals surface area contributed by atoms with Crippen LogP contribution in [0.3, 0.4) is 0 Å². The predicted octanol–water partition coefficient (Wildman–Crippen LogP) is 3.61. The number of aromatic nitrogens is 1. The van der Waals surface area contributed by atoms with E-state index >= 15 is 0 Å². The molecule has 2 rings (SSSR count). The Hall–Kier alpha value is -1.54. The van der Waals surface area contributed by atoms with Gasteiger partial charge >= 0.3 is 0 Å². The highest BCUT2D eigenvalue weighted by Crippen LogP contribution is 2.24. The van der Waals surface area contributed by atoms with E-state index in [0.29, 0.717) is 11.6 Å². The Labute approximate surface area is 93.5 Å². The van der Waals surface area contributed by atoms with Crippen molar-refractivity contribution in [2.45, 2.75) is 5.88 Å². The topological polar surface area (TPSA) is 22.1 Å². The van der Waals surface area contributed by atoms with Gasteiger partial charge in [0.25, 0.3) is 0 Å². The fraction of sp³-hybridized carbons (Fsp3) is 0.0833. The minimum absolute atomic E-state index is 0.421. The van der Waals surface area contributed by atoms with Crippen LogP contribution in [0.15, 0.2) is 48.8 Å². The zero-order valence-electron chi connectivity index (χ0n) is 8.06. The van der Waals surface area contributed by atoms with Crippen molar-refractivity contribution in [1.29, 1.82) is 0 Å². The molecule has 3 heteroatoms. The molecule has 0 aliphatic carbocycles. The number of pyridine rings is 1. The molecule has 2 nitrogen and oxygen atoms in total. The normalized spacial score (nSPS) is 9.93. The number of hydrogen-bond acceptors (Lipinski definition) is 2. The first kappa shape index (κ1) is 9.99. The molecule has 0 saturated heterocycles. The van der Waals surface area contributed by atoms with Crippen molar-refractivity contribution < 1.29 is 4.74 Å². The highest BCUT2D eigenvalue weighted by atomic mass is 35.5. The van der Waals surface area contributed by atoms with Gasteiger partial charge in [-0.3, -0.25) is 4.98 Å². The summed E-state index contributed by atoms with van der Waals surface area (Å²) in [5, 5.41) is 0. The second kappa shape index (κ2) is 4.80. The van der Waals surface area contributed by atoms with Crippen molar-refractivity contribution in [1.82, 2.24) is 4.98 Å². The average molecular weight is 220 g/mol. The SMILES string of the molecule is ClCc1ccncc1Oc1ccccc1. The van der Waals surface area contributed by atoms with Crippen LogP contribution in [-0.2, 0) is 5.88 Å². The summed E-state index contributed by atoms with van der Waals surface area (Å²) >= 11 is 5.79. The first-order valence-corrected chi connectivity index (χ1v) is 5.15. The van der Waals surface area contributed by atoms with E-state index in [0.717, 1.165) is 11.3 Å². The molecule has 1 heterocycles. The quantitative estimate of drug-likeness (QED) is 0.736. The maximum absolute atomic E-state index is 5.79. The molecule has 15 heavy (non-hydrogen) atoms. The van der Waals surface area contributed by atoms with E-state index in [1.165, 1.54) is 0 Å². The minimum atomic E-state index is 0.421. The molecule has 0 spiro atoms. The Kier molecular flexibility index (Phi) is 3.20. The van der Waals surface area contributed by atoms with Gasteiger partial charge in [0.1, 0.15) is 11.5 Å². The lowest BCUT2D eigenvalue weighted by Crippen LogP contribution is -1.90. The fourth-order valence-electron chi connectivity index (χ4n) is 1.23. The molecule has 1 aromatic carbocycles. The summed E-state index contributed by atoms with van der Waals surface area (Å²) in [6.07, 6.45) is 3.38. The van der Waals surface area contributed by atoms with E-state index in [4.69, 9.17) is 16.3 Å². The van der Waals surface area contributed by atoms with Gasteiger partial charge in [0.05, 0.1) is 12.1 Å². The minimum Gasteiger partial charge on any atom is -0.455 e. The van der Waals surface area contributed by atoms with Crippen LogP contribution < -0.4 is 4.74 Å². The number of alkyl halides is 1. The fourth-order valence-corrected chi connectivity index (χ4v) is 1.45. The molecule has 0 aliphatic rings. The van der Waals surface area contributed by atoms with Crippen LogP contribution >= 0.6 is 11.6 Å². The van der Waals surface area contributed by atoms with E-state index in [9.17, 15) is 0 Å². The van der Waals surface area contributed by atoms with Gasteiger partial charge in [-0.05, 0) is 18.2 Å². The van der Waals surface area contributed by atoms with Crippen LogP contribution in [0.4, 0.5) is 0 Å². The molecule has 76 valence electrons. The van der Waals surface area contributed by atoms with Crippen molar-refractivity contribution in [3.8, 4) is 11.5 Å². The predicted molar refractivity (Wildman–Crippen MR) is 60.3 cm³/mol. The number of ether oxygens (including phenoxy) is 1. The maximum atomic E-state index is 5.79. The number of benzene rings is 1. The first-order chi connectivity index (χ1) is 7.40. The molecule has 0 aliphatic heterocycles. The Morgan fingerprint density at radius 3 is 2.67 bits per heavy atom. The monoisotopic (exact) mass is 219 g/mol. The van der Waals surface area contributed by atoms with Gasteiger partial charge in [0.2, 0.25) is 0 Å². The summed E-state index contributed by atoms with van der Waals surface area (Å²) in [5.74, 6) is 1.92. The van der Waals surface area contributed by atoms with Gasteiger partial charge in [-0.2, -0.15) is 0 Å². The van der Waals surface area contributed by atoms with Crippen molar-refractivity contribution in [3.05, 3.63) is 54.4 Å². The third-order valence-electron chi connectivity index (χ3n) is 1.99. The smallest absolute Gasteiger partial charge is 0.150 e. The van der Waals surface area contributed by atoms with Crippen LogP contribution in [0.5, 0.6) is 11.5 Å². The van der Waals surface area contributed by atoms with Crippen LogP contribution in [0.25, 0.3) is 0 Å². The van der Waals surface area contributed by atoms with Crippen LogP contribution in [0.2, 0.25) is 0 Å². The van der Waals surface area contributed by atoms with Gasteiger partial charge in [-0.25, -0.2) is 0 Å². The lowest BCUT2D eigenvalue weighted by molar-refractivity contribution is 0.476. The third kappa shape index (κ3) is 2.48. The highest BCUT2D eigenvalue weighted by Gasteiger charge is 2.02. The summed E-state index contributed by atoms with van der Waals surface area (Å²) in [7, 11) is 0. The molecule has 0 radical (unpaired) electrons. The third-order valence-corrected chi connectivity index (χ3v) is 2.27. The summed E-state index contributed by atoms with van der Waals surface area (Å²) < 4.78 is 5.65. The number of para-hydroxylation sites is 1. The van der Waals surface area contributed by atoms with Gasteiger partial charge in [-0.15, -0.1) is 11.6 Å². The summed E-state index contributed by atoms with van der Waals surface area (Å²) in [4.78, 5) is 4.01. The molecule has 1 aromatic heterocycles. The maximum Gasteiger partial charge on any atom is 0.150 e. The molecule has 2 aromatic rings. The number of halogens is 1. The molecule has 0 N–H and O–H groups in total. The van der Waals surface area contributed by atoms with E-state index in [1.807, 2.05) is 36.4 Å². The van der Waals surface area contributed by atoms with E-state index in [-0.39, 0.29) is 0 Å². The average Bonchev–Trinajstić information content (AvgIpc) is 2.31. The zero-order valence-corrected chi connectivity index (χ0v) is 8.82. The molecule has 0 bridgehead atoms. The largest absolute Gasteiger partial charge is 0.455 e. The Balaban J connectivity index is 2.24. The molecule has 0 saturated carbocycles. The van der Waals surface area contributed by atoms with Crippen molar-refractivity contribution >= 4 is 11.6 Å². The van der Waals surface area contributed by atoms with Crippen LogP contribution in [-0.4, -0.2) is 4.98 Å². The number of rotatable bonds is 3. The van der Waals surface area contributed by atoms with Crippen molar-refractivity contribution in [2.24, 2.45) is 0 Å². The van der Waals surface area contributed by atoms with Crippen LogP contribution in [0.1, 0.15) is 5.56 Å². The molecular weight excluding hydrogens is 210 g/mol. The lowest BCUT2D eigenvalue weighted by atomic mass is 10.3. The second-order valence-corrected chi connectivity index (χ2v) is 3.30. The standard InChI is InChI=1S/C12H10ClNO/c13-8-10-6-7-14-9-12(10)15-11-4-2-1-3-5-11/h1-7,9H,8H2. The zero-order chi connectivity index (χ0) is 10.5. The number of nitrogens with zero attached hydrogens (tertiary/aromatic N) is 1. The summed E-state index contributed by atoms with van der Waals surface area (Å²) in [5.41, 5.74) is 0.940. The van der Waals surface area contributed by atoms with E-state index < -0.39 is 0 Å². The van der Waals surface area contributed by atoms with Crippen molar-refractivity contribution in [2.75, 3.05) is 0 Å². The Morgan fingerprint density at radius 1 is 1.13 bits per heavy atom. The van der Waals surface area contributed by atoms with E-state index in [1.54, 1.807) is 12.4 Å². The van der Waals surface area contributed by atoms with Crippen molar-refractivity contribution in [3.63, 3.8) is 0 Å². The van der Waals surface area contributed by atoms with Gasteiger partial charge in [0, 0.05) is 11.8 Å². The Morgan fingerprint density at radius 2 is 1.93 bits per heavy atom. The Bertz CT molecular complexity index is 431. The van der Waals surface area contributed by atoms with Gasteiger partial charge < -0.3 is 4.74 Å². The van der Waals surface area contributed by atoms with Gasteiger partial charge in [-0.1, -0.05) is 18.2 Å². The summed E-state index contributed by atoms with van der Waals surface area (Å²) in [6.45, 7) is 0. The molecule has 0 amide bonds. The van der Waals surface area contributed by atoms with E-state index in [2.05, 4.69) is 4.98 Å².